The normalized spacial score (nSPS) is 13.8. The Morgan fingerprint density at radius 2 is 1.06 bits per heavy atom. The monoisotopic (exact) mass is 754 g/mol. The van der Waals surface area contributed by atoms with Gasteiger partial charge in [-0.3, -0.25) is 18.6 Å². The Bertz CT molecular complexity index is 996. The Balaban J connectivity index is 4.20. The van der Waals surface area contributed by atoms with Gasteiger partial charge in [-0.05, 0) is 51.4 Å². The lowest BCUT2D eigenvalue weighted by Crippen LogP contribution is -2.29. The predicted octanol–water partition coefficient (Wildman–Crippen LogP) is 11.6. The van der Waals surface area contributed by atoms with Crippen LogP contribution in [0.3, 0.4) is 0 Å². The van der Waals surface area contributed by atoms with Gasteiger partial charge >= 0.3 is 19.8 Å². The Morgan fingerprint density at radius 3 is 1.58 bits per heavy atom. The fourth-order valence-electron chi connectivity index (χ4n) is 5.45. The molecule has 0 aliphatic heterocycles. The first-order valence-corrected chi connectivity index (χ1v) is 22.1. The van der Waals surface area contributed by atoms with E-state index in [2.05, 4.69) is 62.5 Å². The van der Waals surface area contributed by atoms with Crippen LogP contribution in [-0.2, 0) is 32.7 Å². The highest BCUT2D eigenvalue weighted by Crippen LogP contribution is 2.43. The summed E-state index contributed by atoms with van der Waals surface area (Å²) in [6.45, 7) is 3.59. The molecule has 0 aliphatic rings. The topological polar surface area (TPSA) is 134 Å². The van der Waals surface area contributed by atoms with Gasteiger partial charge in [0.05, 0.1) is 13.2 Å². The lowest BCUT2D eigenvalue weighted by atomic mass is 10.0. The second-order valence-corrected chi connectivity index (χ2v) is 14.9. The van der Waals surface area contributed by atoms with Crippen LogP contribution < -0.4 is 5.73 Å². The van der Waals surface area contributed by atoms with Crippen LogP contribution in [0.25, 0.3) is 0 Å². The standard InChI is InChI=1S/C42H76NO8P/c1-3-5-7-9-11-13-15-17-18-19-20-21-22-23-25-27-29-31-33-35-42(45)51-40(39-50-52(46,47)49-37-36-43)38-48-41(44)34-32-30-28-26-24-16-14-12-10-8-6-4-2/h5,7,11,13,17-18,20-21,40H,3-4,6,8-10,12,14-16,19,22-39,43H2,1-2H3,(H,46,47)/b7-5-,13-11-,18-17-,21-20-. The van der Waals surface area contributed by atoms with Crippen LogP contribution in [0.4, 0.5) is 0 Å². The number of phosphoric acid groups is 1. The van der Waals surface area contributed by atoms with Crippen LogP contribution in [0.1, 0.15) is 174 Å². The van der Waals surface area contributed by atoms with Gasteiger partial charge in [0.2, 0.25) is 0 Å². The van der Waals surface area contributed by atoms with E-state index in [1.165, 1.54) is 57.8 Å². The van der Waals surface area contributed by atoms with Crippen LogP contribution in [0.2, 0.25) is 0 Å². The summed E-state index contributed by atoms with van der Waals surface area (Å²) in [4.78, 5) is 34.8. The lowest BCUT2D eigenvalue weighted by Gasteiger charge is -2.19. The molecule has 0 amide bonds. The molecule has 0 aliphatic carbocycles. The van der Waals surface area contributed by atoms with Crippen molar-refractivity contribution in [1.82, 2.24) is 0 Å². The average molecular weight is 754 g/mol. The van der Waals surface area contributed by atoms with Crippen molar-refractivity contribution in [2.75, 3.05) is 26.4 Å². The molecular formula is C42H76NO8P. The van der Waals surface area contributed by atoms with Gasteiger partial charge in [0.15, 0.2) is 6.10 Å². The van der Waals surface area contributed by atoms with Crippen LogP contribution in [0.5, 0.6) is 0 Å². The molecule has 0 rings (SSSR count). The summed E-state index contributed by atoms with van der Waals surface area (Å²) in [6.07, 6.45) is 42.8. The third-order valence-electron chi connectivity index (χ3n) is 8.48. The van der Waals surface area contributed by atoms with Gasteiger partial charge in [-0.2, -0.15) is 0 Å². The number of rotatable bonds is 38. The number of hydrogen-bond acceptors (Lipinski definition) is 8. The van der Waals surface area contributed by atoms with E-state index in [1.807, 2.05) is 0 Å². The molecule has 302 valence electrons. The van der Waals surface area contributed by atoms with E-state index >= 15 is 0 Å². The minimum absolute atomic E-state index is 0.0500. The fourth-order valence-corrected chi connectivity index (χ4v) is 6.21. The molecule has 2 unspecified atom stereocenters. The van der Waals surface area contributed by atoms with Crippen LogP contribution >= 0.6 is 7.82 Å². The minimum atomic E-state index is -4.38. The average Bonchev–Trinajstić information content (AvgIpc) is 3.13. The Kier molecular flexibility index (Phi) is 37.2. The van der Waals surface area contributed by atoms with Crippen molar-refractivity contribution in [3.63, 3.8) is 0 Å². The Hall–Kier alpha value is -2.03. The second kappa shape index (κ2) is 38.7. The molecule has 0 heterocycles. The Labute approximate surface area is 317 Å². The van der Waals surface area contributed by atoms with Crippen molar-refractivity contribution < 1.29 is 37.6 Å². The van der Waals surface area contributed by atoms with Crippen LogP contribution in [-0.4, -0.2) is 49.3 Å². The van der Waals surface area contributed by atoms with Gasteiger partial charge in [0, 0.05) is 19.4 Å². The zero-order valence-corrected chi connectivity index (χ0v) is 33.9. The molecule has 0 aromatic heterocycles. The molecule has 0 spiro atoms. The SMILES string of the molecule is CC/C=C\C/C=C\C/C=C\C/C=C\CCCCCCCCC(=O)OC(COC(=O)CCCCCCCCCCCCCC)COP(=O)(O)OCCN. The molecule has 3 N–H and O–H groups in total. The molecule has 0 aromatic rings. The number of hydrogen-bond donors (Lipinski definition) is 2. The first-order chi connectivity index (χ1) is 25.3. The smallest absolute Gasteiger partial charge is 0.462 e. The van der Waals surface area contributed by atoms with Crippen molar-refractivity contribution in [2.24, 2.45) is 5.73 Å². The van der Waals surface area contributed by atoms with Gasteiger partial charge in [-0.15, -0.1) is 0 Å². The number of phosphoric ester groups is 1. The summed E-state index contributed by atoms with van der Waals surface area (Å²) in [5, 5.41) is 0. The van der Waals surface area contributed by atoms with Crippen molar-refractivity contribution in [3.05, 3.63) is 48.6 Å². The maximum Gasteiger partial charge on any atom is 0.472 e. The molecule has 10 heteroatoms. The highest BCUT2D eigenvalue weighted by atomic mass is 31.2. The van der Waals surface area contributed by atoms with E-state index in [0.29, 0.717) is 6.42 Å². The van der Waals surface area contributed by atoms with Crippen molar-refractivity contribution in [1.29, 1.82) is 0 Å². The zero-order valence-electron chi connectivity index (χ0n) is 33.0. The molecule has 0 aromatic carbocycles. The quantitative estimate of drug-likeness (QED) is 0.0273. The van der Waals surface area contributed by atoms with E-state index in [1.54, 1.807) is 0 Å². The molecule has 9 nitrogen and oxygen atoms in total. The second-order valence-electron chi connectivity index (χ2n) is 13.5. The van der Waals surface area contributed by atoms with E-state index in [9.17, 15) is 19.0 Å². The molecule has 2 atom stereocenters. The highest BCUT2D eigenvalue weighted by Gasteiger charge is 2.26. The zero-order chi connectivity index (χ0) is 38.2. The lowest BCUT2D eigenvalue weighted by molar-refractivity contribution is -0.161. The van der Waals surface area contributed by atoms with Crippen molar-refractivity contribution in [3.8, 4) is 0 Å². The summed E-state index contributed by atoms with van der Waals surface area (Å²) in [6, 6.07) is 0. The number of nitrogens with two attached hydrogens (primary N) is 1. The number of carbonyl (C=O) groups excluding carboxylic acids is 2. The molecule has 0 saturated carbocycles. The van der Waals surface area contributed by atoms with Gasteiger partial charge in [-0.25, -0.2) is 4.57 Å². The van der Waals surface area contributed by atoms with Gasteiger partial charge in [0.25, 0.3) is 0 Å². The molecular weight excluding hydrogens is 677 g/mol. The Morgan fingerprint density at radius 1 is 0.596 bits per heavy atom. The highest BCUT2D eigenvalue weighted by molar-refractivity contribution is 7.47. The molecule has 0 fully saturated rings. The molecule has 52 heavy (non-hydrogen) atoms. The van der Waals surface area contributed by atoms with E-state index in [-0.39, 0.29) is 38.6 Å². The van der Waals surface area contributed by atoms with Crippen molar-refractivity contribution in [2.45, 2.75) is 180 Å². The van der Waals surface area contributed by atoms with Gasteiger partial charge < -0.3 is 20.1 Å². The number of allylic oxidation sites excluding steroid dienone is 8. The van der Waals surface area contributed by atoms with Crippen molar-refractivity contribution >= 4 is 19.8 Å². The molecule has 0 bridgehead atoms. The third kappa shape index (κ3) is 37.7. The van der Waals surface area contributed by atoms with Gasteiger partial charge in [-0.1, -0.05) is 159 Å². The minimum Gasteiger partial charge on any atom is -0.462 e. The molecule has 0 radical (unpaired) electrons. The summed E-state index contributed by atoms with van der Waals surface area (Å²) in [5.41, 5.74) is 5.34. The summed E-state index contributed by atoms with van der Waals surface area (Å²) < 4.78 is 32.7. The first-order valence-electron chi connectivity index (χ1n) is 20.6. The number of carbonyl (C=O) groups is 2. The number of esters is 2. The summed E-state index contributed by atoms with van der Waals surface area (Å²) >= 11 is 0. The first kappa shape index (κ1) is 50.0. The maximum absolute atomic E-state index is 12.6. The maximum atomic E-state index is 12.6. The molecule has 0 saturated heterocycles. The van der Waals surface area contributed by atoms with Gasteiger partial charge in [0.1, 0.15) is 6.61 Å². The van der Waals surface area contributed by atoms with E-state index < -0.39 is 26.5 Å². The summed E-state index contributed by atoms with van der Waals surface area (Å²) in [5.74, 6) is -0.845. The fraction of sp³-hybridized carbons (Fsp3) is 0.762. The van der Waals surface area contributed by atoms with E-state index in [0.717, 1.165) is 83.5 Å². The van der Waals surface area contributed by atoms with E-state index in [4.69, 9.17) is 24.3 Å². The number of unbranched alkanes of at least 4 members (excludes halogenated alkanes) is 17. The van der Waals surface area contributed by atoms with Crippen LogP contribution in [0, 0.1) is 0 Å². The largest absolute Gasteiger partial charge is 0.472 e. The van der Waals surface area contributed by atoms with Crippen LogP contribution in [0.15, 0.2) is 48.6 Å². The predicted molar refractivity (Wildman–Crippen MR) is 215 cm³/mol. The third-order valence-corrected chi connectivity index (χ3v) is 9.46. The summed E-state index contributed by atoms with van der Waals surface area (Å²) in [7, 11) is -4.38. The number of ether oxygens (including phenoxy) is 2.